The lowest BCUT2D eigenvalue weighted by atomic mass is 9.92. The van der Waals surface area contributed by atoms with Gasteiger partial charge in [-0.15, -0.1) is 13.2 Å². The Bertz CT molecular complexity index is 1250. The number of halogens is 3. The number of alkyl halides is 3. The number of aromatic nitrogens is 2. The van der Waals surface area contributed by atoms with Crippen LogP contribution in [0.25, 0.3) is 11.1 Å². The van der Waals surface area contributed by atoms with Crippen LogP contribution in [-0.4, -0.2) is 37.5 Å². The molecule has 1 aliphatic carbocycles. The third kappa shape index (κ3) is 5.88. The van der Waals surface area contributed by atoms with Gasteiger partial charge in [0.15, 0.2) is 0 Å². The Balaban J connectivity index is 1.59. The van der Waals surface area contributed by atoms with Gasteiger partial charge in [0, 0.05) is 11.3 Å². The van der Waals surface area contributed by atoms with Crippen LogP contribution in [-0.2, 0) is 33.8 Å². The lowest BCUT2D eigenvalue weighted by Crippen LogP contribution is -2.33. The molecule has 2 unspecified atom stereocenters. The molecule has 0 fully saturated rings. The number of fused-ring (bicyclic) bond motifs is 1. The minimum Gasteiger partial charge on any atom is -0.465 e. The van der Waals surface area contributed by atoms with Crippen molar-refractivity contribution in [3.63, 3.8) is 0 Å². The van der Waals surface area contributed by atoms with Crippen LogP contribution in [0, 0.1) is 0 Å². The van der Waals surface area contributed by atoms with E-state index in [9.17, 15) is 26.7 Å². The zero-order chi connectivity index (χ0) is 25.9. The number of esters is 1. The summed E-state index contributed by atoms with van der Waals surface area (Å²) in [6.45, 7) is 1.95. The summed E-state index contributed by atoms with van der Waals surface area (Å²) in [7, 11) is 0. The molecular weight excluding hydrogens is 499 g/mol. The van der Waals surface area contributed by atoms with Crippen molar-refractivity contribution in [2.45, 2.75) is 45.1 Å². The van der Waals surface area contributed by atoms with E-state index in [4.69, 9.17) is 4.74 Å². The molecule has 8 nitrogen and oxygen atoms in total. The normalized spacial score (nSPS) is 16.2. The van der Waals surface area contributed by atoms with E-state index in [2.05, 4.69) is 9.84 Å². The zero-order valence-electron chi connectivity index (χ0n) is 19.3. The molecule has 192 valence electrons. The molecule has 0 spiro atoms. The highest BCUT2D eigenvalue weighted by Gasteiger charge is 2.33. The first-order chi connectivity index (χ1) is 17.2. The molecular formula is C24H24F3N3O5S. The molecule has 3 aromatic rings. The zero-order valence-corrected chi connectivity index (χ0v) is 20.1. The Morgan fingerprint density at radius 2 is 1.97 bits per heavy atom. The SMILES string of the molecule is CCOC(=O)Cn1ncc2c1CCCC2N(c1ccc(-c2cccc(OC(F)(F)F)c2)cc1)S(=O)O. The summed E-state index contributed by atoms with van der Waals surface area (Å²) in [4.78, 5) is 11.9. The molecule has 1 N–H and O–H groups in total. The standard InChI is InChI=1S/C24H24F3N3O5S/c1-2-34-23(31)15-29-21-7-4-8-22(20(21)14-28-29)30(36(32)33)18-11-9-16(10-12-18)17-5-3-6-19(13-17)35-24(25,26)27/h3,5-6,9-14,22H,2,4,7-8,15H2,1H3,(H,32,33). The van der Waals surface area contributed by atoms with Crippen molar-refractivity contribution in [3.8, 4) is 16.9 Å². The fourth-order valence-corrected chi connectivity index (χ4v) is 5.10. The quantitative estimate of drug-likeness (QED) is 0.329. The van der Waals surface area contributed by atoms with Gasteiger partial charge in [-0.05, 0) is 61.6 Å². The van der Waals surface area contributed by atoms with Gasteiger partial charge in [0.2, 0.25) is 0 Å². The van der Waals surface area contributed by atoms with Crippen LogP contribution in [0.1, 0.15) is 37.1 Å². The van der Waals surface area contributed by atoms with E-state index in [1.807, 2.05) is 0 Å². The number of ether oxygens (including phenoxy) is 2. The Kier molecular flexibility index (Phi) is 7.65. The number of anilines is 1. The fraction of sp³-hybridized carbons (Fsp3) is 0.333. The summed E-state index contributed by atoms with van der Waals surface area (Å²) in [6, 6.07) is 11.7. The number of hydrogen-bond donors (Lipinski definition) is 1. The van der Waals surface area contributed by atoms with Gasteiger partial charge in [0.1, 0.15) is 12.3 Å². The van der Waals surface area contributed by atoms with Gasteiger partial charge in [-0.25, -0.2) is 4.21 Å². The predicted octanol–water partition coefficient (Wildman–Crippen LogP) is 5.03. The van der Waals surface area contributed by atoms with Crippen LogP contribution >= 0.6 is 0 Å². The third-order valence-corrected chi connectivity index (χ3v) is 6.59. The Labute approximate surface area is 208 Å². The van der Waals surface area contributed by atoms with E-state index in [0.29, 0.717) is 29.7 Å². The van der Waals surface area contributed by atoms with Crippen LogP contribution in [0.3, 0.4) is 0 Å². The molecule has 0 saturated carbocycles. The average molecular weight is 524 g/mol. The highest BCUT2D eigenvalue weighted by Crippen LogP contribution is 2.38. The molecule has 0 aliphatic heterocycles. The maximum absolute atomic E-state index is 12.6. The third-order valence-electron chi connectivity index (χ3n) is 5.79. The van der Waals surface area contributed by atoms with Crippen molar-refractivity contribution >= 4 is 22.9 Å². The maximum atomic E-state index is 12.6. The Morgan fingerprint density at radius 1 is 1.22 bits per heavy atom. The fourth-order valence-electron chi connectivity index (χ4n) is 4.36. The summed E-state index contributed by atoms with van der Waals surface area (Å²) < 4.78 is 72.2. The molecule has 4 rings (SSSR count). The number of carbonyl (C=O) groups is 1. The number of nitrogens with zero attached hydrogens (tertiary/aromatic N) is 3. The molecule has 36 heavy (non-hydrogen) atoms. The number of hydrogen-bond acceptors (Lipinski definition) is 5. The van der Waals surface area contributed by atoms with Gasteiger partial charge >= 0.3 is 12.3 Å². The molecule has 0 saturated heterocycles. The van der Waals surface area contributed by atoms with Crippen LogP contribution in [0.5, 0.6) is 5.75 Å². The minimum absolute atomic E-state index is 0.0378. The van der Waals surface area contributed by atoms with Crippen molar-refractivity contribution in [2.75, 3.05) is 10.9 Å². The second-order valence-electron chi connectivity index (χ2n) is 8.10. The smallest absolute Gasteiger partial charge is 0.465 e. The summed E-state index contributed by atoms with van der Waals surface area (Å²) in [5.74, 6) is -0.745. The van der Waals surface area contributed by atoms with Crippen molar-refractivity contribution in [2.24, 2.45) is 0 Å². The Morgan fingerprint density at radius 3 is 2.64 bits per heavy atom. The van der Waals surface area contributed by atoms with Gasteiger partial charge < -0.3 is 9.47 Å². The van der Waals surface area contributed by atoms with Crippen LogP contribution in [0.15, 0.2) is 54.7 Å². The molecule has 2 aromatic carbocycles. The summed E-state index contributed by atoms with van der Waals surface area (Å²) in [5, 5.41) is 4.31. The van der Waals surface area contributed by atoms with E-state index in [0.717, 1.165) is 17.7 Å². The predicted molar refractivity (Wildman–Crippen MR) is 126 cm³/mol. The van der Waals surface area contributed by atoms with Crippen molar-refractivity contribution in [1.29, 1.82) is 0 Å². The topological polar surface area (TPSA) is 93.9 Å². The average Bonchev–Trinajstić information content (AvgIpc) is 3.22. The monoisotopic (exact) mass is 523 g/mol. The van der Waals surface area contributed by atoms with Gasteiger partial charge in [-0.3, -0.25) is 18.3 Å². The van der Waals surface area contributed by atoms with E-state index in [1.54, 1.807) is 48.1 Å². The van der Waals surface area contributed by atoms with Crippen molar-refractivity contribution in [3.05, 3.63) is 66.0 Å². The number of benzene rings is 2. The number of rotatable bonds is 8. The highest BCUT2D eigenvalue weighted by molar-refractivity contribution is 7.80. The van der Waals surface area contributed by atoms with Crippen LogP contribution in [0.2, 0.25) is 0 Å². The molecule has 1 aliphatic rings. The van der Waals surface area contributed by atoms with Gasteiger partial charge in [-0.1, -0.05) is 24.3 Å². The molecule has 1 aromatic heterocycles. The molecule has 0 amide bonds. The second-order valence-corrected chi connectivity index (χ2v) is 8.95. The molecule has 12 heteroatoms. The Hall–Kier alpha value is -3.38. The van der Waals surface area contributed by atoms with Gasteiger partial charge in [0.25, 0.3) is 11.3 Å². The molecule has 0 radical (unpaired) electrons. The largest absolute Gasteiger partial charge is 0.573 e. The lowest BCUT2D eigenvalue weighted by Gasteiger charge is -2.33. The first-order valence-electron chi connectivity index (χ1n) is 11.2. The van der Waals surface area contributed by atoms with E-state index in [-0.39, 0.29) is 18.9 Å². The first kappa shape index (κ1) is 25.7. The van der Waals surface area contributed by atoms with Crippen molar-refractivity contribution in [1.82, 2.24) is 9.78 Å². The second kappa shape index (κ2) is 10.7. The summed E-state index contributed by atoms with van der Waals surface area (Å²) >= 11 is -2.37. The van der Waals surface area contributed by atoms with E-state index in [1.165, 1.54) is 22.5 Å². The van der Waals surface area contributed by atoms with Crippen LogP contribution in [0.4, 0.5) is 18.9 Å². The number of carbonyl (C=O) groups excluding carboxylic acids is 1. The highest BCUT2D eigenvalue weighted by atomic mass is 32.2. The summed E-state index contributed by atoms with van der Waals surface area (Å²) in [6.07, 6.45) is -1.19. The van der Waals surface area contributed by atoms with Crippen LogP contribution < -0.4 is 9.04 Å². The van der Waals surface area contributed by atoms with E-state index < -0.39 is 29.6 Å². The summed E-state index contributed by atoms with van der Waals surface area (Å²) in [5.41, 5.74) is 3.14. The molecule has 2 atom stereocenters. The van der Waals surface area contributed by atoms with Crippen molar-refractivity contribution < 1.29 is 36.2 Å². The van der Waals surface area contributed by atoms with Gasteiger partial charge in [-0.2, -0.15) is 5.10 Å². The lowest BCUT2D eigenvalue weighted by molar-refractivity contribution is -0.274. The molecule has 0 bridgehead atoms. The van der Waals surface area contributed by atoms with E-state index >= 15 is 0 Å². The maximum Gasteiger partial charge on any atom is 0.573 e. The molecule has 1 heterocycles. The minimum atomic E-state index is -4.79. The first-order valence-corrected chi connectivity index (χ1v) is 12.3. The van der Waals surface area contributed by atoms with Gasteiger partial charge in [0.05, 0.1) is 24.5 Å².